The molecule has 1 amide bonds. The van der Waals surface area contributed by atoms with Crippen molar-refractivity contribution < 1.29 is 9.53 Å². The molecule has 1 aliphatic carbocycles. The van der Waals surface area contributed by atoms with E-state index >= 15 is 0 Å². The second-order valence-electron chi connectivity index (χ2n) is 7.46. The van der Waals surface area contributed by atoms with E-state index in [4.69, 9.17) is 4.74 Å². The van der Waals surface area contributed by atoms with Gasteiger partial charge in [0.05, 0.1) is 24.4 Å². The number of amides is 1. The molecule has 28 heavy (non-hydrogen) atoms. The first-order valence-electron chi connectivity index (χ1n) is 9.86. The maximum Gasteiger partial charge on any atom is 0.344 e. The number of thioether (sulfide) groups is 1. The van der Waals surface area contributed by atoms with E-state index in [0.29, 0.717) is 11.7 Å². The van der Waals surface area contributed by atoms with Gasteiger partial charge in [0, 0.05) is 13.7 Å². The molecule has 2 atom stereocenters. The van der Waals surface area contributed by atoms with Gasteiger partial charge in [0.2, 0.25) is 5.91 Å². The Morgan fingerprint density at radius 2 is 2.21 bits per heavy atom. The van der Waals surface area contributed by atoms with Crippen molar-refractivity contribution in [2.24, 2.45) is 0 Å². The van der Waals surface area contributed by atoms with Crippen molar-refractivity contribution in [1.82, 2.24) is 19.7 Å². The predicted molar refractivity (Wildman–Crippen MR) is 107 cm³/mol. The number of hydrogen-bond acceptors (Lipinski definition) is 5. The quantitative estimate of drug-likeness (QED) is 0.751. The van der Waals surface area contributed by atoms with E-state index in [2.05, 4.69) is 28.4 Å². The highest BCUT2D eigenvalue weighted by atomic mass is 32.2. The molecule has 2 aliphatic rings. The summed E-state index contributed by atoms with van der Waals surface area (Å²) in [4.78, 5) is 26.8. The number of nitrogens with one attached hydrogen (secondary N) is 1. The number of nitrogens with zero attached hydrogens (tertiary/aromatic N) is 3. The second kappa shape index (κ2) is 8.53. The van der Waals surface area contributed by atoms with E-state index in [9.17, 15) is 9.59 Å². The van der Waals surface area contributed by atoms with Crippen molar-refractivity contribution in [1.29, 1.82) is 0 Å². The average molecular weight is 403 g/mol. The number of rotatable bonds is 6. The summed E-state index contributed by atoms with van der Waals surface area (Å²) in [6.07, 6.45) is 5.16. The fourth-order valence-electron chi connectivity index (χ4n) is 4.10. The third kappa shape index (κ3) is 4.03. The first kappa shape index (κ1) is 19.3. The van der Waals surface area contributed by atoms with Gasteiger partial charge >= 0.3 is 5.69 Å². The molecule has 2 unspecified atom stereocenters. The van der Waals surface area contributed by atoms with Gasteiger partial charge in [-0.2, -0.15) is 0 Å². The molecule has 0 saturated carbocycles. The number of carbonyl (C=O) groups excluding carboxylic acids is 1. The maximum atomic E-state index is 12.8. The van der Waals surface area contributed by atoms with Crippen LogP contribution in [0.3, 0.4) is 0 Å². The molecule has 1 fully saturated rings. The summed E-state index contributed by atoms with van der Waals surface area (Å²) in [5.41, 5.74) is 2.34. The fourth-order valence-corrected chi connectivity index (χ4v) is 4.98. The summed E-state index contributed by atoms with van der Waals surface area (Å²) < 4.78 is 7.21. The van der Waals surface area contributed by atoms with Gasteiger partial charge in [-0.1, -0.05) is 36.0 Å². The number of hydrogen-bond donors (Lipinski definition) is 1. The van der Waals surface area contributed by atoms with Gasteiger partial charge < -0.3 is 9.64 Å². The van der Waals surface area contributed by atoms with E-state index in [0.717, 1.165) is 38.7 Å². The molecule has 2 heterocycles. The van der Waals surface area contributed by atoms with Crippen LogP contribution >= 0.6 is 11.8 Å². The third-order valence-electron chi connectivity index (χ3n) is 5.66. The molecular formula is C20H26N4O3S. The maximum absolute atomic E-state index is 12.8. The van der Waals surface area contributed by atoms with Gasteiger partial charge in [0.1, 0.15) is 0 Å². The number of aryl methyl sites for hydroxylation is 1. The van der Waals surface area contributed by atoms with Crippen LogP contribution in [0, 0.1) is 0 Å². The lowest BCUT2D eigenvalue weighted by Crippen LogP contribution is -2.34. The molecule has 2 aromatic rings. The number of benzene rings is 1. The molecular weight excluding hydrogens is 376 g/mol. The average Bonchev–Trinajstić information content (AvgIpc) is 3.36. The van der Waals surface area contributed by atoms with Crippen LogP contribution in [0.25, 0.3) is 0 Å². The highest BCUT2D eigenvalue weighted by Gasteiger charge is 2.27. The van der Waals surface area contributed by atoms with Crippen molar-refractivity contribution in [3.05, 3.63) is 45.9 Å². The summed E-state index contributed by atoms with van der Waals surface area (Å²) in [7, 11) is 1.87. The molecule has 1 saturated heterocycles. The smallest absolute Gasteiger partial charge is 0.344 e. The van der Waals surface area contributed by atoms with Crippen LogP contribution < -0.4 is 5.69 Å². The van der Waals surface area contributed by atoms with Gasteiger partial charge in [-0.05, 0) is 43.2 Å². The first-order valence-corrected chi connectivity index (χ1v) is 10.8. The van der Waals surface area contributed by atoms with Crippen molar-refractivity contribution in [2.45, 2.75) is 56.0 Å². The summed E-state index contributed by atoms with van der Waals surface area (Å²) >= 11 is 1.31. The van der Waals surface area contributed by atoms with Gasteiger partial charge in [-0.25, -0.2) is 9.89 Å². The zero-order valence-corrected chi connectivity index (χ0v) is 16.9. The van der Waals surface area contributed by atoms with E-state index in [1.165, 1.54) is 22.9 Å². The topological polar surface area (TPSA) is 80.2 Å². The second-order valence-corrected chi connectivity index (χ2v) is 8.40. The van der Waals surface area contributed by atoms with E-state index < -0.39 is 0 Å². The summed E-state index contributed by atoms with van der Waals surface area (Å²) in [6.45, 7) is 1.23. The first-order chi connectivity index (χ1) is 13.6. The lowest BCUT2D eigenvalue weighted by atomic mass is 9.87. The SMILES string of the molecule is CN(C(=O)CSc1n[nH]c(=O)n1CC1CCCO1)C1CCCc2ccccc21. The number of ether oxygens (including phenoxy) is 1. The lowest BCUT2D eigenvalue weighted by molar-refractivity contribution is -0.129. The van der Waals surface area contributed by atoms with Crippen LogP contribution in [0.4, 0.5) is 0 Å². The number of aromatic amines is 1. The third-order valence-corrected chi connectivity index (χ3v) is 6.62. The molecule has 4 rings (SSSR count). The zero-order chi connectivity index (χ0) is 19.5. The monoisotopic (exact) mass is 402 g/mol. The van der Waals surface area contributed by atoms with E-state index in [1.807, 2.05) is 18.0 Å². The van der Waals surface area contributed by atoms with E-state index in [-0.39, 0.29) is 29.5 Å². The Kier molecular flexibility index (Phi) is 5.87. The summed E-state index contributed by atoms with van der Waals surface area (Å²) in [5.74, 6) is 0.302. The van der Waals surface area contributed by atoms with Crippen LogP contribution in [0.1, 0.15) is 42.9 Å². The molecule has 0 spiro atoms. The molecule has 1 aromatic carbocycles. The Labute approximate surface area is 168 Å². The minimum atomic E-state index is -0.250. The highest BCUT2D eigenvalue weighted by Crippen LogP contribution is 2.33. The van der Waals surface area contributed by atoms with Gasteiger partial charge in [0.25, 0.3) is 0 Å². The van der Waals surface area contributed by atoms with Crippen molar-refractivity contribution >= 4 is 17.7 Å². The summed E-state index contributed by atoms with van der Waals surface area (Å²) in [5, 5.41) is 7.14. The van der Waals surface area contributed by atoms with Crippen LogP contribution in [0.5, 0.6) is 0 Å². The van der Waals surface area contributed by atoms with Crippen molar-refractivity contribution in [2.75, 3.05) is 19.4 Å². The molecule has 0 bridgehead atoms. The Morgan fingerprint density at radius 3 is 3.04 bits per heavy atom. The Morgan fingerprint density at radius 1 is 1.36 bits per heavy atom. The van der Waals surface area contributed by atoms with Crippen LogP contribution in [0.2, 0.25) is 0 Å². The molecule has 150 valence electrons. The summed E-state index contributed by atoms with van der Waals surface area (Å²) in [6, 6.07) is 8.50. The molecule has 8 heteroatoms. The minimum absolute atomic E-state index is 0.0471. The van der Waals surface area contributed by atoms with Gasteiger partial charge in [-0.15, -0.1) is 5.10 Å². The van der Waals surface area contributed by atoms with E-state index in [1.54, 1.807) is 4.57 Å². The van der Waals surface area contributed by atoms with Crippen LogP contribution in [-0.4, -0.2) is 51.1 Å². The van der Waals surface area contributed by atoms with Crippen molar-refractivity contribution in [3.63, 3.8) is 0 Å². The Balaban J connectivity index is 1.40. The largest absolute Gasteiger partial charge is 0.376 e. The van der Waals surface area contributed by atoms with Crippen LogP contribution in [-0.2, 0) is 22.5 Å². The van der Waals surface area contributed by atoms with Crippen LogP contribution in [0.15, 0.2) is 34.2 Å². The number of fused-ring (bicyclic) bond motifs is 1. The Bertz CT molecular complexity index is 888. The molecule has 1 aliphatic heterocycles. The zero-order valence-electron chi connectivity index (χ0n) is 16.1. The Hall–Kier alpha value is -2.06. The fraction of sp³-hybridized carbons (Fsp3) is 0.550. The number of H-pyrrole nitrogens is 1. The normalized spacial score (nSPS) is 21.5. The molecule has 1 aromatic heterocycles. The number of aromatic nitrogens is 3. The standard InChI is InChI=1S/C20H26N4O3S/c1-23(17-10-4-7-14-6-2-3-9-16(14)17)18(25)13-28-20-22-21-19(26)24(20)12-15-8-5-11-27-15/h2-3,6,9,15,17H,4-5,7-8,10-13H2,1H3,(H,21,26). The molecule has 1 N–H and O–H groups in total. The predicted octanol–water partition coefficient (Wildman–Crippen LogP) is 2.38. The highest BCUT2D eigenvalue weighted by molar-refractivity contribution is 7.99. The molecule has 0 radical (unpaired) electrons. The van der Waals surface area contributed by atoms with Crippen molar-refractivity contribution in [3.8, 4) is 0 Å². The lowest BCUT2D eigenvalue weighted by Gasteiger charge is -2.33. The van der Waals surface area contributed by atoms with Gasteiger partial charge in [-0.3, -0.25) is 9.36 Å². The minimum Gasteiger partial charge on any atom is -0.376 e. The van der Waals surface area contributed by atoms with Gasteiger partial charge in [0.15, 0.2) is 5.16 Å². The molecule has 7 nitrogen and oxygen atoms in total. The number of carbonyl (C=O) groups is 1.